The van der Waals surface area contributed by atoms with Gasteiger partial charge in [-0.1, -0.05) is 0 Å². The third kappa shape index (κ3) is 1.23. The predicted octanol–water partition coefficient (Wildman–Crippen LogP) is 2.19. The molecule has 0 amide bonds. The van der Waals surface area contributed by atoms with E-state index in [0.29, 0.717) is 6.93 Å². The van der Waals surface area contributed by atoms with Crippen LogP contribution in [0.2, 0.25) is 6.93 Å². The van der Waals surface area contributed by atoms with Crippen molar-refractivity contribution in [3.8, 4) is 0 Å². The van der Waals surface area contributed by atoms with E-state index < -0.39 is 0 Å². The Labute approximate surface area is 66.1 Å². The summed E-state index contributed by atoms with van der Waals surface area (Å²) in [4.78, 5) is 0. The molecular formula is C8H10Te. The second-order valence-corrected chi connectivity index (χ2v) is 8.74. The van der Waals surface area contributed by atoms with Crippen molar-refractivity contribution in [2.45, 2.75) is 20.8 Å². The summed E-state index contributed by atoms with van der Waals surface area (Å²) in [6, 6.07) is 0. The van der Waals surface area contributed by atoms with Crippen LogP contribution in [0.4, 0.5) is 0 Å². The van der Waals surface area contributed by atoms with E-state index in [9.17, 15) is 0 Å². The third-order valence-electron chi connectivity index (χ3n) is 1.71. The molecule has 1 heteroatoms. The SMILES string of the molecule is CC1([Te]C2(C)C=C2)C=C1. The first-order valence-electron chi connectivity index (χ1n) is 3.23. The Bertz CT molecular complexity index is 167. The van der Waals surface area contributed by atoms with Gasteiger partial charge >= 0.3 is 66.0 Å². The van der Waals surface area contributed by atoms with Crippen molar-refractivity contribution in [1.29, 1.82) is 0 Å². The average molecular weight is 234 g/mol. The van der Waals surface area contributed by atoms with Gasteiger partial charge in [0.05, 0.1) is 0 Å². The second kappa shape index (κ2) is 1.47. The summed E-state index contributed by atoms with van der Waals surface area (Å²) < 4.78 is 1.23. The van der Waals surface area contributed by atoms with E-state index in [2.05, 4.69) is 38.2 Å². The molecule has 0 saturated carbocycles. The van der Waals surface area contributed by atoms with Gasteiger partial charge in [0.1, 0.15) is 0 Å². The molecule has 0 N–H and O–H groups in total. The van der Waals surface area contributed by atoms with E-state index >= 15 is 0 Å². The molecule has 9 heavy (non-hydrogen) atoms. The molecule has 0 unspecified atom stereocenters. The van der Waals surface area contributed by atoms with Crippen LogP contribution in [0.3, 0.4) is 0 Å². The molecule has 0 aromatic rings. The fourth-order valence-electron chi connectivity index (χ4n) is 0.845. The summed E-state index contributed by atoms with van der Waals surface area (Å²) in [5, 5.41) is 0. The Hall–Kier alpha value is 0.270. The van der Waals surface area contributed by atoms with Crippen molar-refractivity contribution in [2.24, 2.45) is 0 Å². The van der Waals surface area contributed by atoms with Gasteiger partial charge in [0.25, 0.3) is 0 Å². The zero-order valence-corrected chi connectivity index (χ0v) is 8.05. The summed E-state index contributed by atoms with van der Waals surface area (Å²) in [6.45, 7) is 4.70. The molecule has 0 spiro atoms. The standard InChI is InChI=1S/C8H10Te/c1-7(3-4-7)9-8(2)5-6-8/h3-6H,1-2H3. The van der Waals surface area contributed by atoms with Crippen LogP contribution < -0.4 is 0 Å². The molecule has 0 saturated heterocycles. The summed E-state index contributed by atoms with van der Waals surface area (Å²) in [6.07, 6.45) is 9.39. The molecule has 0 radical (unpaired) electrons. The van der Waals surface area contributed by atoms with Gasteiger partial charge in [-0.15, -0.1) is 0 Å². The number of allylic oxidation sites excluding steroid dienone is 4. The molecular weight excluding hydrogens is 224 g/mol. The Kier molecular flexibility index (Phi) is 0.979. The number of hydrogen-bond acceptors (Lipinski definition) is 0. The van der Waals surface area contributed by atoms with Crippen molar-refractivity contribution in [3.05, 3.63) is 24.3 Å². The fraction of sp³-hybridized carbons (Fsp3) is 0.500. The van der Waals surface area contributed by atoms with E-state index in [4.69, 9.17) is 0 Å². The topological polar surface area (TPSA) is 0 Å². The van der Waals surface area contributed by atoms with Gasteiger partial charge in [0.15, 0.2) is 0 Å². The van der Waals surface area contributed by atoms with Crippen molar-refractivity contribution in [2.75, 3.05) is 0 Å². The van der Waals surface area contributed by atoms with Gasteiger partial charge in [0.2, 0.25) is 0 Å². The van der Waals surface area contributed by atoms with Crippen LogP contribution >= 0.6 is 0 Å². The molecule has 2 aliphatic rings. The average Bonchev–Trinajstić information content (AvgIpc) is 2.55. The molecule has 2 rings (SSSR count). The van der Waals surface area contributed by atoms with Crippen molar-refractivity contribution in [3.63, 3.8) is 0 Å². The van der Waals surface area contributed by atoms with Crippen LogP contribution in [-0.2, 0) is 0 Å². The van der Waals surface area contributed by atoms with Gasteiger partial charge in [-0.25, -0.2) is 0 Å². The Morgan fingerprint density at radius 2 is 1.22 bits per heavy atom. The van der Waals surface area contributed by atoms with E-state index in [0.717, 1.165) is 0 Å². The molecule has 0 aliphatic heterocycles. The Balaban J connectivity index is 1.91. The zero-order valence-electron chi connectivity index (χ0n) is 5.72. The van der Waals surface area contributed by atoms with Gasteiger partial charge in [-0.2, -0.15) is 0 Å². The van der Waals surface area contributed by atoms with Crippen LogP contribution in [0, 0.1) is 0 Å². The summed E-state index contributed by atoms with van der Waals surface area (Å²) >= 11 is 0.165. The predicted molar refractivity (Wildman–Crippen MR) is 40.8 cm³/mol. The number of rotatable bonds is 2. The first-order valence-corrected chi connectivity index (χ1v) is 5.56. The summed E-state index contributed by atoms with van der Waals surface area (Å²) in [5.41, 5.74) is 0. The normalized spacial score (nSPS) is 30.4. The van der Waals surface area contributed by atoms with Gasteiger partial charge < -0.3 is 0 Å². The quantitative estimate of drug-likeness (QED) is 0.507. The molecule has 0 heterocycles. The monoisotopic (exact) mass is 236 g/mol. The molecule has 0 aromatic carbocycles. The van der Waals surface area contributed by atoms with E-state index in [-0.39, 0.29) is 20.9 Å². The maximum atomic E-state index is 2.35. The zero-order chi connectivity index (χ0) is 6.54. The Morgan fingerprint density at radius 1 is 0.889 bits per heavy atom. The van der Waals surface area contributed by atoms with Gasteiger partial charge in [0, 0.05) is 0 Å². The molecule has 0 atom stereocenters. The molecule has 0 nitrogen and oxygen atoms in total. The van der Waals surface area contributed by atoms with Crippen LogP contribution in [0.25, 0.3) is 0 Å². The van der Waals surface area contributed by atoms with E-state index in [1.54, 1.807) is 0 Å². The van der Waals surface area contributed by atoms with Crippen LogP contribution in [-0.4, -0.2) is 20.9 Å². The van der Waals surface area contributed by atoms with E-state index in [1.807, 2.05) is 0 Å². The van der Waals surface area contributed by atoms with Gasteiger partial charge in [-0.3, -0.25) is 0 Å². The second-order valence-electron chi connectivity index (χ2n) is 3.14. The maximum absolute atomic E-state index is 2.35. The summed E-state index contributed by atoms with van der Waals surface area (Å²) in [7, 11) is 0. The first kappa shape index (κ1) is 6.01. The molecule has 2 aliphatic carbocycles. The van der Waals surface area contributed by atoms with E-state index in [1.165, 1.54) is 0 Å². The summed E-state index contributed by atoms with van der Waals surface area (Å²) in [5.74, 6) is 0. The molecule has 0 aromatic heterocycles. The Morgan fingerprint density at radius 3 is 1.44 bits per heavy atom. The van der Waals surface area contributed by atoms with Crippen molar-refractivity contribution < 1.29 is 0 Å². The third-order valence-corrected chi connectivity index (χ3v) is 5.78. The fourth-order valence-corrected chi connectivity index (χ4v) is 4.71. The van der Waals surface area contributed by atoms with Crippen LogP contribution in [0.15, 0.2) is 24.3 Å². The van der Waals surface area contributed by atoms with Gasteiger partial charge in [-0.05, 0) is 0 Å². The first-order chi connectivity index (χ1) is 4.12. The molecule has 0 fully saturated rings. The number of hydrogen-bond donors (Lipinski definition) is 0. The van der Waals surface area contributed by atoms with Crippen molar-refractivity contribution >= 4 is 20.9 Å². The van der Waals surface area contributed by atoms with Crippen LogP contribution in [0.1, 0.15) is 13.8 Å². The minimum absolute atomic E-state index is 0.165. The van der Waals surface area contributed by atoms with Crippen LogP contribution in [0.5, 0.6) is 0 Å². The minimum atomic E-state index is 0.165. The molecule has 48 valence electrons. The molecule has 0 bridgehead atoms. The van der Waals surface area contributed by atoms with Crippen molar-refractivity contribution in [1.82, 2.24) is 0 Å².